The lowest BCUT2D eigenvalue weighted by Crippen LogP contribution is -2.35. The van der Waals surface area contributed by atoms with E-state index in [9.17, 15) is 4.79 Å². The second-order valence-electron chi connectivity index (χ2n) is 5.01. The molecular formula is C17H17N5O. The summed E-state index contributed by atoms with van der Waals surface area (Å²) in [4.78, 5) is 13.8. The number of hydrogen-bond acceptors (Lipinski definition) is 3. The Hall–Kier alpha value is -3.15. The fraction of sp³-hybridized carbons (Fsp3) is 0.118. The van der Waals surface area contributed by atoms with E-state index in [1.807, 2.05) is 60.7 Å². The van der Waals surface area contributed by atoms with Crippen LogP contribution in [0.4, 0.5) is 10.5 Å². The van der Waals surface area contributed by atoms with Gasteiger partial charge >= 0.3 is 6.03 Å². The number of nitrogens with zero attached hydrogens (tertiary/aromatic N) is 3. The molecule has 0 aliphatic carbocycles. The first-order valence-corrected chi connectivity index (χ1v) is 7.33. The highest BCUT2D eigenvalue weighted by atomic mass is 16.2. The van der Waals surface area contributed by atoms with E-state index in [-0.39, 0.29) is 12.1 Å². The number of aromatic nitrogens is 3. The number of urea groups is 1. The maximum Gasteiger partial charge on any atom is 0.319 e. The number of benzene rings is 2. The Balaban J connectivity index is 1.72. The third-order valence-electron chi connectivity index (χ3n) is 3.35. The van der Waals surface area contributed by atoms with Crippen molar-refractivity contribution in [3.05, 3.63) is 78.6 Å². The molecule has 0 saturated carbocycles. The van der Waals surface area contributed by atoms with E-state index in [1.165, 1.54) is 0 Å². The van der Waals surface area contributed by atoms with Crippen LogP contribution in [0.2, 0.25) is 0 Å². The Morgan fingerprint density at radius 3 is 2.22 bits per heavy atom. The van der Waals surface area contributed by atoms with E-state index in [0.29, 0.717) is 6.54 Å². The molecule has 23 heavy (non-hydrogen) atoms. The van der Waals surface area contributed by atoms with Crippen molar-refractivity contribution in [2.45, 2.75) is 12.6 Å². The number of carbonyl (C=O) groups excluding carboxylic acids is 1. The third-order valence-corrected chi connectivity index (χ3v) is 3.35. The van der Waals surface area contributed by atoms with E-state index < -0.39 is 0 Å². The first-order valence-electron chi connectivity index (χ1n) is 7.33. The summed E-state index contributed by atoms with van der Waals surface area (Å²) in [5.41, 5.74) is 1.74. The Bertz CT molecular complexity index is 728. The smallest absolute Gasteiger partial charge is 0.319 e. The van der Waals surface area contributed by atoms with Crippen LogP contribution in [-0.4, -0.2) is 21.0 Å². The molecule has 0 bridgehead atoms. The molecule has 3 aromatic rings. The molecule has 6 heteroatoms. The molecule has 2 N–H and O–H groups in total. The number of rotatable bonds is 5. The average molecular weight is 307 g/mol. The van der Waals surface area contributed by atoms with Crippen molar-refractivity contribution in [3.63, 3.8) is 0 Å². The summed E-state index contributed by atoms with van der Waals surface area (Å²) in [6.07, 6.45) is 3.23. The average Bonchev–Trinajstić information content (AvgIpc) is 3.09. The van der Waals surface area contributed by atoms with Crippen molar-refractivity contribution in [2.24, 2.45) is 0 Å². The number of para-hydroxylation sites is 1. The van der Waals surface area contributed by atoms with Gasteiger partial charge in [-0.05, 0) is 17.7 Å². The van der Waals surface area contributed by atoms with Crippen LogP contribution in [0.25, 0.3) is 0 Å². The minimum atomic E-state index is -0.266. The number of hydrogen-bond donors (Lipinski definition) is 2. The molecule has 1 aromatic heterocycles. The zero-order chi connectivity index (χ0) is 15.9. The molecular weight excluding hydrogens is 290 g/mol. The van der Waals surface area contributed by atoms with Crippen LogP contribution in [0.1, 0.15) is 11.6 Å². The van der Waals surface area contributed by atoms with Gasteiger partial charge in [-0.3, -0.25) is 0 Å². The lowest BCUT2D eigenvalue weighted by Gasteiger charge is -2.19. The highest BCUT2D eigenvalue weighted by Crippen LogP contribution is 2.15. The standard InChI is InChI=1S/C17H17N5O/c23-17(20-15-9-5-2-6-10-15)21-16(13-22-18-11-12-19-22)14-7-3-1-4-8-14/h1-12,16H,13H2,(H2,20,21,23). The summed E-state index contributed by atoms with van der Waals surface area (Å²) < 4.78 is 0. The molecule has 0 radical (unpaired) electrons. The van der Waals surface area contributed by atoms with Gasteiger partial charge in [-0.2, -0.15) is 15.0 Å². The highest BCUT2D eigenvalue weighted by molar-refractivity contribution is 5.89. The second-order valence-corrected chi connectivity index (χ2v) is 5.01. The van der Waals surface area contributed by atoms with E-state index in [0.717, 1.165) is 11.3 Å². The summed E-state index contributed by atoms with van der Waals surface area (Å²) >= 11 is 0. The zero-order valence-corrected chi connectivity index (χ0v) is 12.5. The molecule has 1 heterocycles. The summed E-state index contributed by atoms with van der Waals surface area (Å²) in [6, 6.07) is 18.6. The molecule has 0 saturated heterocycles. The Morgan fingerprint density at radius 1 is 0.957 bits per heavy atom. The summed E-state index contributed by atoms with van der Waals surface area (Å²) in [7, 11) is 0. The van der Waals surface area contributed by atoms with Crippen LogP contribution in [0.3, 0.4) is 0 Å². The van der Waals surface area contributed by atoms with Crippen molar-refractivity contribution in [1.29, 1.82) is 0 Å². The minimum absolute atomic E-state index is 0.229. The zero-order valence-electron chi connectivity index (χ0n) is 12.5. The van der Waals surface area contributed by atoms with E-state index in [2.05, 4.69) is 20.8 Å². The van der Waals surface area contributed by atoms with Crippen LogP contribution in [-0.2, 0) is 6.54 Å². The number of nitrogens with one attached hydrogen (secondary N) is 2. The lowest BCUT2D eigenvalue weighted by atomic mass is 10.1. The van der Waals surface area contributed by atoms with Crippen molar-refractivity contribution in [3.8, 4) is 0 Å². The quantitative estimate of drug-likeness (QED) is 0.761. The Kier molecular flexibility index (Phi) is 4.63. The van der Waals surface area contributed by atoms with Crippen LogP contribution < -0.4 is 10.6 Å². The fourth-order valence-corrected chi connectivity index (χ4v) is 2.27. The van der Waals surface area contributed by atoms with Gasteiger partial charge in [-0.1, -0.05) is 48.5 Å². The van der Waals surface area contributed by atoms with E-state index in [4.69, 9.17) is 0 Å². The van der Waals surface area contributed by atoms with Crippen molar-refractivity contribution in [1.82, 2.24) is 20.3 Å². The van der Waals surface area contributed by atoms with Gasteiger partial charge in [-0.25, -0.2) is 4.79 Å². The lowest BCUT2D eigenvalue weighted by molar-refractivity contribution is 0.246. The highest BCUT2D eigenvalue weighted by Gasteiger charge is 2.16. The van der Waals surface area contributed by atoms with Gasteiger partial charge in [0, 0.05) is 5.69 Å². The molecule has 1 unspecified atom stereocenters. The molecule has 1 atom stereocenters. The molecule has 0 aliphatic heterocycles. The number of amides is 2. The van der Waals surface area contributed by atoms with Gasteiger partial charge in [-0.15, -0.1) is 0 Å². The normalized spacial score (nSPS) is 11.7. The topological polar surface area (TPSA) is 71.8 Å². The Morgan fingerprint density at radius 2 is 1.57 bits per heavy atom. The van der Waals surface area contributed by atoms with Gasteiger partial charge < -0.3 is 10.6 Å². The van der Waals surface area contributed by atoms with E-state index in [1.54, 1.807) is 17.2 Å². The minimum Gasteiger partial charge on any atom is -0.329 e. The van der Waals surface area contributed by atoms with Gasteiger partial charge in [0.25, 0.3) is 0 Å². The van der Waals surface area contributed by atoms with Gasteiger partial charge in [0.15, 0.2) is 0 Å². The third kappa shape index (κ3) is 4.16. The largest absolute Gasteiger partial charge is 0.329 e. The van der Waals surface area contributed by atoms with Crippen LogP contribution >= 0.6 is 0 Å². The predicted molar refractivity (Wildman–Crippen MR) is 87.8 cm³/mol. The summed E-state index contributed by atoms with van der Waals surface area (Å²) in [5, 5.41) is 14.0. The molecule has 2 amide bonds. The fourth-order valence-electron chi connectivity index (χ4n) is 2.27. The van der Waals surface area contributed by atoms with Gasteiger partial charge in [0.1, 0.15) is 0 Å². The summed E-state index contributed by atoms with van der Waals surface area (Å²) in [5.74, 6) is 0. The maximum absolute atomic E-state index is 12.3. The predicted octanol–water partition coefficient (Wildman–Crippen LogP) is 2.84. The summed E-state index contributed by atoms with van der Waals surface area (Å²) in [6.45, 7) is 0.458. The first-order chi connectivity index (χ1) is 11.3. The SMILES string of the molecule is O=C(Nc1ccccc1)NC(Cn1nccn1)c1ccccc1. The molecule has 3 rings (SSSR count). The van der Waals surface area contributed by atoms with E-state index >= 15 is 0 Å². The molecule has 2 aromatic carbocycles. The van der Waals surface area contributed by atoms with Crippen LogP contribution in [0.15, 0.2) is 73.1 Å². The molecule has 0 fully saturated rings. The monoisotopic (exact) mass is 307 g/mol. The number of carbonyl (C=O) groups is 1. The van der Waals surface area contributed by atoms with Crippen molar-refractivity contribution in [2.75, 3.05) is 5.32 Å². The number of anilines is 1. The molecule has 116 valence electrons. The second kappa shape index (κ2) is 7.22. The van der Waals surface area contributed by atoms with Gasteiger partial charge in [0.05, 0.1) is 25.0 Å². The van der Waals surface area contributed by atoms with Crippen molar-refractivity contribution < 1.29 is 4.79 Å². The van der Waals surface area contributed by atoms with Gasteiger partial charge in [0.2, 0.25) is 0 Å². The first kappa shape index (κ1) is 14.8. The molecule has 6 nitrogen and oxygen atoms in total. The van der Waals surface area contributed by atoms with Crippen molar-refractivity contribution >= 4 is 11.7 Å². The van der Waals surface area contributed by atoms with Crippen LogP contribution in [0.5, 0.6) is 0 Å². The molecule has 0 spiro atoms. The Labute approximate surface area is 134 Å². The molecule has 0 aliphatic rings. The maximum atomic E-state index is 12.3. The van der Waals surface area contributed by atoms with Crippen LogP contribution in [0, 0.1) is 0 Å².